The van der Waals surface area contributed by atoms with Gasteiger partial charge in [0.2, 0.25) is 0 Å². The first kappa shape index (κ1) is 16.7. The Morgan fingerprint density at radius 1 is 1.10 bits per heavy atom. The smallest absolute Gasteiger partial charge is 0.134 e. The maximum absolute atomic E-state index is 5.54. The fourth-order valence-electron chi connectivity index (χ4n) is 1.99. The third-order valence-electron chi connectivity index (χ3n) is 3.02. The molecule has 0 aliphatic heterocycles. The summed E-state index contributed by atoms with van der Waals surface area (Å²) in [5, 5.41) is 6.68. The van der Waals surface area contributed by atoms with E-state index in [1.165, 1.54) is 0 Å². The first-order valence-corrected chi connectivity index (χ1v) is 7.59. The Morgan fingerprint density at radius 2 is 1.75 bits per heavy atom. The van der Waals surface area contributed by atoms with Crippen molar-refractivity contribution in [3.63, 3.8) is 0 Å². The summed E-state index contributed by atoms with van der Waals surface area (Å²) in [7, 11) is 0. The van der Waals surface area contributed by atoms with E-state index in [9.17, 15) is 0 Å². The second-order valence-electron chi connectivity index (χ2n) is 4.89. The number of nitrogens with zero attached hydrogens (tertiary/aromatic N) is 2. The van der Waals surface area contributed by atoms with E-state index in [-0.39, 0.29) is 6.10 Å². The predicted molar refractivity (Wildman–Crippen MR) is 84.5 cm³/mol. The van der Waals surface area contributed by atoms with Crippen LogP contribution in [0.2, 0.25) is 0 Å². The molecule has 0 saturated carbocycles. The van der Waals surface area contributed by atoms with Crippen molar-refractivity contribution in [3.8, 4) is 0 Å². The van der Waals surface area contributed by atoms with Gasteiger partial charge in [-0.25, -0.2) is 9.97 Å². The first-order valence-electron chi connectivity index (χ1n) is 7.59. The number of nitrogens with one attached hydrogen (secondary N) is 2. The van der Waals surface area contributed by atoms with Crippen molar-refractivity contribution in [2.45, 2.75) is 53.6 Å². The van der Waals surface area contributed by atoms with Gasteiger partial charge in [-0.3, -0.25) is 0 Å². The molecule has 0 radical (unpaired) electrons. The molecule has 2 N–H and O–H groups in total. The lowest BCUT2D eigenvalue weighted by Gasteiger charge is -2.17. The van der Waals surface area contributed by atoms with Crippen LogP contribution < -0.4 is 10.6 Å². The molecule has 1 rings (SSSR count). The molecule has 114 valence electrons. The van der Waals surface area contributed by atoms with Gasteiger partial charge in [-0.15, -0.1) is 0 Å². The van der Waals surface area contributed by atoms with Gasteiger partial charge < -0.3 is 15.4 Å². The average Bonchev–Trinajstić information content (AvgIpc) is 2.41. The Bertz CT molecular complexity index is 409. The van der Waals surface area contributed by atoms with E-state index in [1.807, 2.05) is 13.8 Å². The molecule has 0 aliphatic rings. The van der Waals surface area contributed by atoms with Crippen molar-refractivity contribution < 1.29 is 4.74 Å². The van der Waals surface area contributed by atoms with Crippen LogP contribution in [-0.4, -0.2) is 35.8 Å². The minimum atomic E-state index is 0.173. The molecular weight excluding hydrogens is 252 g/mol. The molecule has 1 unspecified atom stereocenters. The molecule has 5 nitrogen and oxygen atoms in total. The summed E-state index contributed by atoms with van der Waals surface area (Å²) >= 11 is 0. The number of aryl methyl sites for hydroxylation is 1. The second-order valence-corrected chi connectivity index (χ2v) is 4.89. The zero-order valence-corrected chi connectivity index (χ0v) is 13.4. The SMILES string of the molecule is CCCc1nc(NCC)c(C)c(NCC(C)OCC)n1. The lowest BCUT2D eigenvalue weighted by Crippen LogP contribution is -2.21. The Labute approximate surface area is 122 Å². The van der Waals surface area contributed by atoms with Crippen molar-refractivity contribution in [2.75, 3.05) is 30.3 Å². The molecule has 1 heterocycles. The highest BCUT2D eigenvalue weighted by Gasteiger charge is 2.11. The normalized spacial score (nSPS) is 12.2. The van der Waals surface area contributed by atoms with E-state index < -0.39 is 0 Å². The highest BCUT2D eigenvalue weighted by molar-refractivity contribution is 5.57. The van der Waals surface area contributed by atoms with E-state index in [2.05, 4.69) is 41.4 Å². The number of hydrogen-bond acceptors (Lipinski definition) is 5. The molecule has 5 heteroatoms. The largest absolute Gasteiger partial charge is 0.377 e. The molecule has 0 amide bonds. The van der Waals surface area contributed by atoms with Gasteiger partial charge in [0.05, 0.1) is 6.10 Å². The number of ether oxygens (including phenoxy) is 1. The van der Waals surface area contributed by atoms with E-state index in [1.54, 1.807) is 0 Å². The summed E-state index contributed by atoms with van der Waals surface area (Å²) in [5.41, 5.74) is 1.07. The molecule has 1 atom stereocenters. The van der Waals surface area contributed by atoms with Crippen LogP contribution in [0.5, 0.6) is 0 Å². The monoisotopic (exact) mass is 280 g/mol. The molecule has 0 bridgehead atoms. The summed E-state index contributed by atoms with van der Waals surface area (Å²) in [6.07, 6.45) is 2.11. The van der Waals surface area contributed by atoms with E-state index >= 15 is 0 Å². The zero-order valence-electron chi connectivity index (χ0n) is 13.4. The van der Waals surface area contributed by atoms with Crippen LogP contribution in [0, 0.1) is 6.92 Å². The molecular formula is C15H28N4O. The Morgan fingerprint density at radius 3 is 2.30 bits per heavy atom. The standard InChI is InChI=1S/C15H28N4O/c1-6-9-13-18-14(16-7-2)12(5)15(19-13)17-10-11(4)20-8-3/h11H,6-10H2,1-5H3,(H2,16,17,18,19). The number of rotatable bonds is 9. The third kappa shape index (κ3) is 4.96. The Balaban J connectivity index is 2.86. The zero-order chi connectivity index (χ0) is 15.0. The van der Waals surface area contributed by atoms with E-state index in [0.717, 1.165) is 55.6 Å². The summed E-state index contributed by atoms with van der Waals surface area (Å²) in [6.45, 7) is 12.7. The molecule has 0 saturated heterocycles. The summed E-state index contributed by atoms with van der Waals surface area (Å²) in [6, 6.07) is 0. The van der Waals surface area contributed by atoms with Crippen molar-refractivity contribution in [3.05, 3.63) is 11.4 Å². The number of hydrogen-bond donors (Lipinski definition) is 2. The van der Waals surface area contributed by atoms with Crippen LogP contribution in [0.4, 0.5) is 11.6 Å². The molecule has 0 aromatic carbocycles. The highest BCUT2D eigenvalue weighted by atomic mass is 16.5. The highest BCUT2D eigenvalue weighted by Crippen LogP contribution is 2.20. The van der Waals surface area contributed by atoms with Gasteiger partial charge in [-0.1, -0.05) is 6.92 Å². The van der Waals surface area contributed by atoms with Gasteiger partial charge in [-0.05, 0) is 34.1 Å². The Kier molecular flexibility index (Phi) is 7.30. The maximum atomic E-state index is 5.54. The number of aromatic nitrogens is 2. The summed E-state index contributed by atoms with van der Waals surface area (Å²) in [5.74, 6) is 2.73. The van der Waals surface area contributed by atoms with Crippen LogP contribution >= 0.6 is 0 Å². The Hall–Kier alpha value is -1.36. The quantitative estimate of drug-likeness (QED) is 0.728. The third-order valence-corrected chi connectivity index (χ3v) is 3.02. The first-order chi connectivity index (χ1) is 9.62. The predicted octanol–water partition coefficient (Wildman–Crippen LogP) is 3.01. The molecule has 0 aliphatic carbocycles. The van der Waals surface area contributed by atoms with E-state index in [4.69, 9.17) is 4.74 Å². The van der Waals surface area contributed by atoms with Crippen LogP contribution in [0.15, 0.2) is 0 Å². The van der Waals surface area contributed by atoms with Gasteiger partial charge in [0, 0.05) is 31.7 Å². The minimum absolute atomic E-state index is 0.173. The van der Waals surface area contributed by atoms with Gasteiger partial charge in [0.15, 0.2) is 0 Å². The lowest BCUT2D eigenvalue weighted by atomic mass is 10.2. The van der Waals surface area contributed by atoms with E-state index in [0.29, 0.717) is 0 Å². The van der Waals surface area contributed by atoms with Crippen molar-refractivity contribution in [2.24, 2.45) is 0 Å². The minimum Gasteiger partial charge on any atom is -0.377 e. The molecule has 0 spiro atoms. The van der Waals surface area contributed by atoms with Gasteiger partial charge in [0.25, 0.3) is 0 Å². The van der Waals surface area contributed by atoms with Crippen molar-refractivity contribution in [1.29, 1.82) is 0 Å². The molecule has 0 fully saturated rings. The van der Waals surface area contributed by atoms with Crippen LogP contribution in [0.25, 0.3) is 0 Å². The lowest BCUT2D eigenvalue weighted by molar-refractivity contribution is 0.0854. The maximum Gasteiger partial charge on any atom is 0.134 e. The molecule has 20 heavy (non-hydrogen) atoms. The molecule has 1 aromatic heterocycles. The van der Waals surface area contributed by atoms with Crippen LogP contribution in [0.3, 0.4) is 0 Å². The van der Waals surface area contributed by atoms with Crippen molar-refractivity contribution in [1.82, 2.24) is 9.97 Å². The van der Waals surface area contributed by atoms with Gasteiger partial charge >= 0.3 is 0 Å². The van der Waals surface area contributed by atoms with Gasteiger partial charge in [0.1, 0.15) is 17.5 Å². The van der Waals surface area contributed by atoms with Gasteiger partial charge in [-0.2, -0.15) is 0 Å². The van der Waals surface area contributed by atoms with Crippen molar-refractivity contribution >= 4 is 11.6 Å². The van der Waals surface area contributed by atoms with Crippen LogP contribution in [0.1, 0.15) is 45.5 Å². The fraction of sp³-hybridized carbons (Fsp3) is 0.733. The molecule has 1 aromatic rings. The summed E-state index contributed by atoms with van der Waals surface area (Å²) < 4.78 is 5.54. The fourth-order valence-corrected chi connectivity index (χ4v) is 1.99. The second kappa shape index (κ2) is 8.74. The number of anilines is 2. The summed E-state index contributed by atoms with van der Waals surface area (Å²) in [4.78, 5) is 9.20. The van der Waals surface area contributed by atoms with Crippen LogP contribution in [-0.2, 0) is 11.2 Å². The topological polar surface area (TPSA) is 59.1 Å². The average molecular weight is 280 g/mol.